The van der Waals surface area contributed by atoms with E-state index >= 15 is 0 Å². The van der Waals surface area contributed by atoms with Crippen molar-refractivity contribution in [3.63, 3.8) is 0 Å². The molecule has 2 aliphatic heterocycles. The summed E-state index contributed by atoms with van der Waals surface area (Å²) in [6.45, 7) is 1.61. The van der Waals surface area contributed by atoms with Gasteiger partial charge < -0.3 is 15.2 Å². The second-order valence-corrected chi connectivity index (χ2v) is 4.71. The summed E-state index contributed by atoms with van der Waals surface area (Å²) in [5.74, 6) is -0.751. The first kappa shape index (κ1) is 13.7. The zero-order valence-electron chi connectivity index (χ0n) is 10.9. The van der Waals surface area contributed by atoms with Crippen molar-refractivity contribution in [1.29, 1.82) is 0 Å². The van der Waals surface area contributed by atoms with E-state index in [9.17, 15) is 9.59 Å². The highest BCUT2D eigenvalue weighted by Crippen LogP contribution is 2.30. The van der Waals surface area contributed by atoms with E-state index in [1.54, 1.807) is 6.21 Å². The molecule has 0 aromatic rings. The largest absolute Gasteiger partial charge is 0.463 e. The average Bonchev–Trinajstić information content (AvgIpc) is 2.85. The molecule has 2 rings (SSSR count). The minimum Gasteiger partial charge on any atom is -0.463 e. The first-order valence-corrected chi connectivity index (χ1v) is 6.42. The van der Waals surface area contributed by atoms with Gasteiger partial charge in [-0.25, -0.2) is 0 Å². The van der Waals surface area contributed by atoms with Crippen LogP contribution < -0.4 is 5.73 Å². The molecule has 1 amide bonds. The van der Waals surface area contributed by atoms with Gasteiger partial charge in [0.1, 0.15) is 12.7 Å². The Kier molecular flexibility index (Phi) is 4.31. The number of amides is 1. The van der Waals surface area contributed by atoms with Crippen LogP contribution in [0.5, 0.6) is 0 Å². The zero-order chi connectivity index (χ0) is 13.8. The van der Waals surface area contributed by atoms with Crippen molar-refractivity contribution in [1.82, 2.24) is 0 Å². The second-order valence-electron chi connectivity index (χ2n) is 4.71. The van der Waals surface area contributed by atoms with Gasteiger partial charge in [0.15, 0.2) is 0 Å². The SMILES string of the molecule is CC(=O)OC[C@H]1CC[C@H](C2=C(C(N)=O)CCC=N2)O1. The molecule has 1 saturated heterocycles. The van der Waals surface area contributed by atoms with E-state index in [4.69, 9.17) is 15.2 Å². The molecule has 0 unspecified atom stereocenters. The maximum absolute atomic E-state index is 11.4. The molecule has 0 aromatic carbocycles. The average molecular weight is 266 g/mol. The van der Waals surface area contributed by atoms with E-state index in [1.165, 1.54) is 6.92 Å². The number of hydrogen-bond donors (Lipinski definition) is 1. The summed E-state index contributed by atoms with van der Waals surface area (Å²) < 4.78 is 10.7. The molecule has 1 fully saturated rings. The van der Waals surface area contributed by atoms with Crippen LogP contribution in [-0.4, -0.2) is 36.9 Å². The molecule has 0 bridgehead atoms. The van der Waals surface area contributed by atoms with Crippen molar-refractivity contribution < 1.29 is 19.1 Å². The molecule has 19 heavy (non-hydrogen) atoms. The van der Waals surface area contributed by atoms with Gasteiger partial charge in [0.05, 0.1) is 11.8 Å². The number of nitrogens with two attached hydrogens (primary N) is 1. The number of carbonyl (C=O) groups excluding carboxylic acids is 2. The first-order valence-electron chi connectivity index (χ1n) is 6.42. The Hall–Kier alpha value is -1.69. The van der Waals surface area contributed by atoms with Crippen LogP contribution in [0, 0.1) is 0 Å². The molecule has 6 heteroatoms. The molecule has 104 valence electrons. The van der Waals surface area contributed by atoms with Crippen LogP contribution in [0.25, 0.3) is 0 Å². The van der Waals surface area contributed by atoms with Crippen LogP contribution in [0.3, 0.4) is 0 Å². The van der Waals surface area contributed by atoms with Gasteiger partial charge in [-0.1, -0.05) is 0 Å². The highest BCUT2D eigenvalue weighted by Gasteiger charge is 2.32. The van der Waals surface area contributed by atoms with E-state index in [1.807, 2.05) is 0 Å². The Morgan fingerprint density at radius 2 is 2.32 bits per heavy atom. The molecule has 0 radical (unpaired) electrons. The van der Waals surface area contributed by atoms with E-state index in [2.05, 4.69) is 4.99 Å². The summed E-state index contributed by atoms with van der Waals surface area (Å²) in [5.41, 5.74) is 6.56. The van der Waals surface area contributed by atoms with Crippen LogP contribution >= 0.6 is 0 Å². The Morgan fingerprint density at radius 1 is 1.53 bits per heavy atom. The van der Waals surface area contributed by atoms with Gasteiger partial charge >= 0.3 is 5.97 Å². The van der Waals surface area contributed by atoms with Crippen molar-refractivity contribution in [2.75, 3.05) is 6.61 Å². The molecule has 6 nitrogen and oxygen atoms in total. The number of primary amides is 1. The van der Waals surface area contributed by atoms with Crippen LogP contribution in [0.4, 0.5) is 0 Å². The number of nitrogens with zero attached hydrogens (tertiary/aromatic N) is 1. The van der Waals surface area contributed by atoms with Gasteiger partial charge in [0, 0.05) is 18.7 Å². The summed E-state index contributed by atoms with van der Waals surface area (Å²) in [4.78, 5) is 26.4. The van der Waals surface area contributed by atoms with Gasteiger partial charge in [0.2, 0.25) is 5.91 Å². The summed E-state index contributed by atoms with van der Waals surface area (Å²) >= 11 is 0. The number of rotatable bonds is 4. The summed E-state index contributed by atoms with van der Waals surface area (Å²) in [6.07, 6.45) is 4.31. The Morgan fingerprint density at radius 3 is 3.00 bits per heavy atom. The standard InChI is InChI=1S/C13H18N2O4/c1-8(16)18-7-9-4-5-11(19-9)12-10(13(14)17)3-2-6-15-12/h6,9,11H,2-5,7H2,1H3,(H2,14,17)/t9-,11-/m1/s1. The van der Waals surface area contributed by atoms with Crippen molar-refractivity contribution >= 4 is 18.1 Å². The fourth-order valence-corrected chi connectivity index (χ4v) is 2.34. The maximum Gasteiger partial charge on any atom is 0.302 e. The quantitative estimate of drug-likeness (QED) is 0.758. The summed E-state index contributed by atoms with van der Waals surface area (Å²) in [6, 6.07) is 0. The van der Waals surface area contributed by atoms with Crippen LogP contribution in [0.15, 0.2) is 16.3 Å². The van der Waals surface area contributed by atoms with Gasteiger partial charge in [-0.2, -0.15) is 0 Å². The predicted molar refractivity (Wildman–Crippen MR) is 68.5 cm³/mol. The topological polar surface area (TPSA) is 91.0 Å². The molecule has 2 atom stereocenters. The smallest absolute Gasteiger partial charge is 0.302 e. The van der Waals surface area contributed by atoms with Crippen molar-refractivity contribution in [2.45, 2.75) is 44.8 Å². The first-order chi connectivity index (χ1) is 9.08. The lowest BCUT2D eigenvalue weighted by Gasteiger charge is -2.19. The Balaban J connectivity index is 2.01. The summed E-state index contributed by atoms with van der Waals surface area (Å²) in [5, 5.41) is 0. The van der Waals surface area contributed by atoms with E-state index in [0.29, 0.717) is 17.7 Å². The van der Waals surface area contributed by atoms with E-state index in [0.717, 1.165) is 19.3 Å². The highest BCUT2D eigenvalue weighted by atomic mass is 16.6. The molecule has 2 N–H and O–H groups in total. The van der Waals surface area contributed by atoms with E-state index in [-0.39, 0.29) is 24.8 Å². The monoisotopic (exact) mass is 266 g/mol. The Labute approximate surface area is 111 Å². The number of hydrogen-bond acceptors (Lipinski definition) is 5. The van der Waals surface area contributed by atoms with E-state index < -0.39 is 5.91 Å². The van der Waals surface area contributed by atoms with Crippen molar-refractivity contribution in [3.8, 4) is 0 Å². The fraction of sp³-hybridized carbons (Fsp3) is 0.615. The number of ether oxygens (including phenoxy) is 2. The predicted octanol–water partition coefficient (Wildman–Crippen LogP) is 0.701. The normalized spacial score (nSPS) is 26.6. The minimum absolute atomic E-state index is 0.132. The molecule has 0 saturated carbocycles. The minimum atomic E-state index is -0.432. The third-order valence-corrected chi connectivity index (χ3v) is 3.25. The molecule has 2 aliphatic rings. The highest BCUT2D eigenvalue weighted by molar-refractivity contribution is 5.94. The third-order valence-electron chi connectivity index (χ3n) is 3.25. The van der Waals surface area contributed by atoms with Gasteiger partial charge in [-0.15, -0.1) is 0 Å². The Bertz CT molecular complexity index is 442. The lowest BCUT2D eigenvalue weighted by Crippen LogP contribution is -2.24. The van der Waals surface area contributed by atoms with Crippen LogP contribution in [0.2, 0.25) is 0 Å². The molecule has 0 spiro atoms. The van der Waals surface area contributed by atoms with Gasteiger partial charge in [0.25, 0.3) is 0 Å². The lowest BCUT2D eigenvalue weighted by atomic mass is 10.0. The molecular formula is C13H18N2O4. The van der Waals surface area contributed by atoms with Crippen LogP contribution in [0.1, 0.15) is 32.6 Å². The van der Waals surface area contributed by atoms with Gasteiger partial charge in [-0.3, -0.25) is 14.6 Å². The van der Waals surface area contributed by atoms with Crippen molar-refractivity contribution in [3.05, 3.63) is 11.3 Å². The zero-order valence-corrected chi connectivity index (χ0v) is 10.9. The fourth-order valence-electron chi connectivity index (χ4n) is 2.34. The number of esters is 1. The molecular weight excluding hydrogens is 248 g/mol. The summed E-state index contributed by atoms with van der Waals surface area (Å²) in [7, 11) is 0. The number of aliphatic imine (C=N–C) groups is 1. The lowest BCUT2D eigenvalue weighted by molar-refractivity contribution is -0.144. The number of carbonyl (C=O) groups is 2. The van der Waals surface area contributed by atoms with Crippen LogP contribution in [-0.2, 0) is 19.1 Å². The second kappa shape index (κ2) is 5.97. The third kappa shape index (κ3) is 3.41. The molecule has 2 heterocycles. The van der Waals surface area contributed by atoms with Gasteiger partial charge in [-0.05, 0) is 25.7 Å². The molecule has 0 aliphatic carbocycles. The van der Waals surface area contributed by atoms with Crippen molar-refractivity contribution in [2.24, 2.45) is 10.7 Å². The molecule has 0 aromatic heterocycles. The maximum atomic E-state index is 11.4.